The molecule has 1 amide bonds. The average molecular weight is 453 g/mol. The molecular weight excluding hydrogens is 428 g/mol. The van der Waals surface area contributed by atoms with Crippen molar-refractivity contribution in [3.05, 3.63) is 60.4 Å². The number of aromatic nitrogens is 2. The summed E-state index contributed by atoms with van der Waals surface area (Å²) in [5.74, 6) is 0.460. The summed E-state index contributed by atoms with van der Waals surface area (Å²) in [6, 6.07) is 11.8. The minimum Gasteiger partial charge on any atom is -0.435 e. The molecule has 9 heteroatoms. The summed E-state index contributed by atoms with van der Waals surface area (Å²) in [6.07, 6.45) is 6.27. The van der Waals surface area contributed by atoms with Gasteiger partial charge in [0.2, 0.25) is 11.9 Å². The van der Waals surface area contributed by atoms with E-state index >= 15 is 0 Å². The number of hydrogen-bond acceptors (Lipinski definition) is 6. The summed E-state index contributed by atoms with van der Waals surface area (Å²) >= 11 is 0. The smallest absolute Gasteiger partial charge is 0.387 e. The lowest BCUT2D eigenvalue weighted by molar-refractivity contribution is -0.118. The van der Waals surface area contributed by atoms with Crippen molar-refractivity contribution in [3.63, 3.8) is 0 Å². The number of nitrogens with zero attached hydrogens (tertiary/aromatic N) is 2. The third-order valence-corrected chi connectivity index (χ3v) is 5.44. The van der Waals surface area contributed by atoms with Crippen LogP contribution in [-0.2, 0) is 4.79 Å². The van der Waals surface area contributed by atoms with Gasteiger partial charge in [0.05, 0.1) is 6.04 Å². The van der Waals surface area contributed by atoms with Crippen molar-refractivity contribution in [1.82, 2.24) is 15.3 Å². The van der Waals surface area contributed by atoms with E-state index in [1.807, 2.05) is 25.1 Å². The van der Waals surface area contributed by atoms with E-state index in [9.17, 15) is 13.6 Å². The Kier molecular flexibility index (Phi) is 7.09. The molecule has 2 heterocycles. The topological polar surface area (TPSA) is 88.2 Å². The van der Waals surface area contributed by atoms with Crippen molar-refractivity contribution in [2.45, 2.75) is 38.8 Å². The molecular formula is C24H25F2N5O2. The number of carbonyl (C=O) groups is 1. The SMILES string of the molecule is Cc1ccc(Nc2ncc(-c3ccc(OC(F)F)cc3)cn2)cc1NC(=O)C1CCCCN1. The number of piperidine rings is 1. The number of aryl methyl sites for hydroxylation is 1. The Balaban J connectivity index is 1.41. The monoisotopic (exact) mass is 453 g/mol. The Hall–Kier alpha value is -3.59. The molecule has 3 aromatic rings. The number of nitrogens with one attached hydrogen (secondary N) is 3. The van der Waals surface area contributed by atoms with Gasteiger partial charge in [0.25, 0.3) is 0 Å². The van der Waals surface area contributed by atoms with Crippen LogP contribution in [0.2, 0.25) is 0 Å². The molecule has 1 aliphatic heterocycles. The fourth-order valence-corrected chi connectivity index (χ4v) is 3.63. The van der Waals surface area contributed by atoms with Crippen molar-refractivity contribution < 1.29 is 18.3 Å². The Labute approximate surface area is 190 Å². The van der Waals surface area contributed by atoms with Crippen molar-refractivity contribution in [3.8, 4) is 16.9 Å². The van der Waals surface area contributed by atoms with E-state index in [-0.39, 0.29) is 17.7 Å². The molecule has 0 spiro atoms. The molecule has 1 saturated heterocycles. The van der Waals surface area contributed by atoms with Crippen molar-refractivity contribution in [1.29, 1.82) is 0 Å². The minimum atomic E-state index is -2.86. The summed E-state index contributed by atoms with van der Waals surface area (Å²) in [6.45, 7) is -0.0555. The first kappa shape index (κ1) is 22.6. The van der Waals surface area contributed by atoms with Crippen molar-refractivity contribution in [2.24, 2.45) is 0 Å². The van der Waals surface area contributed by atoms with Crippen molar-refractivity contribution in [2.75, 3.05) is 17.2 Å². The first-order valence-electron chi connectivity index (χ1n) is 10.8. The van der Waals surface area contributed by atoms with Gasteiger partial charge in [-0.2, -0.15) is 8.78 Å². The van der Waals surface area contributed by atoms with E-state index in [0.717, 1.165) is 53.9 Å². The number of halogens is 2. The van der Waals surface area contributed by atoms with E-state index in [1.54, 1.807) is 24.5 Å². The normalized spacial score (nSPS) is 15.8. The maximum absolute atomic E-state index is 12.6. The Morgan fingerprint density at radius 3 is 2.52 bits per heavy atom. The maximum Gasteiger partial charge on any atom is 0.387 e. The van der Waals surface area contributed by atoms with Gasteiger partial charge in [0, 0.05) is 29.3 Å². The largest absolute Gasteiger partial charge is 0.435 e. The van der Waals surface area contributed by atoms with Gasteiger partial charge >= 0.3 is 6.61 Å². The number of benzene rings is 2. The molecule has 1 aliphatic rings. The summed E-state index contributed by atoms with van der Waals surface area (Å²) < 4.78 is 28.9. The molecule has 7 nitrogen and oxygen atoms in total. The summed E-state index contributed by atoms with van der Waals surface area (Å²) in [4.78, 5) is 21.2. The highest BCUT2D eigenvalue weighted by molar-refractivity contribution is 5.96. The summed E-state index contributed by atoms with van der Waals surface area (Å²) in [5, 5.41) is 9.41. The van der Waals surface area contributed by atoms with E-state index in [1.165, 1.54) is 12.1 Å². The lowest BCUT2D eigenvalue weighted by Crippen LogP contribution is -2.43. The Morgan fingerprint density at radius 2 is 1.85 bits per heavy atom. The number of alkyl halides is 2. The lowest BCUT2D eigenvalue weighted by atomic mass is 10.0. The van der Waals surface area contributed by atoms with Crippen LogP contribution in [-0.4, -0.2) is 35.1 Å². The molecule has 1 unspecified atom stereocenters. The van der Waals surface area contributed by atoms with Gasteiger partial charge in [0.15, 0.2) is 0 Å². The van der Waals surface area contributed by atoms with Crippen molar-refractivity contribution >= 4 is 23.2 Å². The van der Waals surface area contributed by atoms with Crippen LogP contribution in [0.25, 0.3) is 11.1 Å². The van der Waals surface area contributed by atoms with Gasteiger partial charge < -0.3 is 20.7 Å². The van der Waals surface area contributed by atoms with E-state index < -0.39 is 6.61 Å². The molecule has 172 valence electrons. The number of hydrogen-bond donors (Lipinski definition) is 3. The predicted octanol–water partition coefficient (Wildman–Crippen LogP) is 4.88. The zero-order valence-corrected chi connectivity index (χ0v) is 18.1. The quantitative estimate of drug-likeness (QED) is 0.473. The van der Waals surface area contributed by atoms with Gasteiger partial charge in [-0.1, -0.05) is 24.6 Å². The van der Waals surface area contributed by atoms with Crippen LogP contribution in [0.15, 0.2) is 54.9 Å². The van der Waals surface area contributed by atoms with Gasteiger partial charge in [-0.25, -0.2) is 9.97 Å². The average Bonchev–Trinajstić information content (AvgIpc) is 2.82. The Morgan fingerprint density at radius 1 is 1.09 bits per heavy atom. The molecule has 33 heavy (non-hydrogen) atoms. The van der Waals surface area contributed by atoms with Crippen LogP contribution < -0.4 is 20.7 Å². The molecule has 0 bridgehead atoms. The van der Waals surface area contributed by atoms with E-state index in [2.05, 4.69) is 30.7 Å². The third kappa shape index (κ3) is 6.01. The molecule has 0 radical (unpaired) electrons. The number of rotatable bonds is 7. The molecule has 1 fully saturated rings. The van der Waals surface area contributed by atoms with Crippen LogP contribution in [0.5, 0.6) is 5.75 Å². The second kappa shape index (κ2) is 10.4. The van der Waals surface area contributed by atoms with E-state index in [0.29, 0.717) is 5.95 Å². The van der Waals surface area contributed by atoms with Gasteiger partial charge in [0.1, 0.15) is 5.75 Å². The fourth-order valence-electron chi connectivity index (χ4n) is 3.63. The third-order valence-electron chi connectivity index (χ3n) is 5.44. The molecule has 0 saturated carbocycles. The number of amides is 1. The first-order chi connectivity index (χ1) is 16.0. The van der Waals surface area contributed by atoms with E-state index in [4.69, 9.17) is 0 Å². The molecule has 0 aliphatic carbocycles. The maximum atomic E-state index is 12.6. The molecule has 4 rings (SSSR count). The highest BCUT2D eigenvalue weighted by atomic mass is 19.3. The summed E-state index contributed by atoms with van der Waals surface area (Å²) in [5.41, 5.74) is 3.95. The van der Waals surface area contributed by atoms with Gasteiger partial charge in [-0.3, -0.25) is 4.79 Å². The molecule has 2 aromatic carbocycles. The lowest BCUT2D eigenvalue weighted by Gasteiger charge is -2.23. The van der Waals surface area contributed by atoms with Crippen LogP contribution in [0.1, 0.15) is 24.8 Å². The molecule has 1 atom stereocenters. The highest BCUT2D eigenvalue weighted by Gasteiger charge is 2.21. The first-order valence-corrected chi connectivity index (χ1v) is 10.8. The number of carbonyl (C=O) groups excluding carboxylic acids is 1. The fraction of sp³-hybridized carbons (Fsp3) is 0.292. The second-order valence-electron chi connectivity index (χ2n) is 7.84. The van der Waals surface area contributed by atoms with Crippen LogP contribution in [0, 0.1) is 6.92 Å². The second-order valence-corrected chi connectivity index (χ2v) is 7.84. The van der Waals surface area contributed by atoms with Crippen LogP contribution >= 0.6 is 0 Å². The Bertz CT molecular complexity index is 1090. The van der Waals surface area contributed by atoms with Crippen LogP contribution in [0.4, 0.5) is 26.1 Å². The number of ether oxygens (including phenoxy) is 1. The predicted molar refractivity (Wildman–Crippen MR) is 123 cm³/mol. The van der Waals surface area contributed by atoms with Crippen LogP contribution in [0.3, 0.4) is 0 Å². The highest BCUT2D eigenvalue weighted by Crippen LogP contribution is 2.25. The van der Waals surface area contributed by atoms with Gasteiger partial charge in [-0.15, -0.1) is 0 Å². The zero-order chi connectivity index (χ0) is 23.2. The standard InChI is InChI=1S/C24H25F2N5O2/c1-15-5-8-18(12-21(15)31-22(32)20-4-2-3-11-27-20)30-24-28-13-17(14-29-24)16-6-9-19(10-7-16)33-23(25)26/h5-10,12-14,20,23,27H,2-4,11H2,1H3,(H,31,32)(H,28,29,30). The minimum absolute atomic E-state index is 0.0273. The summed E-state index contributed by atoms with van der Waals surface area (Å²) in [7, 11) is 0. The molecule has 3 N–H and O–H groups in total. The zero-order valence-electron chi connectivity index (χ0n) is 18.1. The number of anilines is 3. The molecule has 1 aromatic heterocycles. The van der Waals surface area contributed by atoms with Gasteiger partial charge in [-0.05, 0) is 61.7 Å².